The van der Waals surface area contributed by atoms with Gasteiger partial charge in [-0.15, -0.1) is 23.4 Å². The highest BCUT2D eigenvalue weighted by Gasteiger charge is 2.04. The molecule has 72 valence electrons. The molecule has 1 atom stereocenters. The summed E-state index contributed by atoms with van der Waals surface area (Å²) in [5.74, 6) is 0.920. The second kappa shape index (κ2) is 5.91. The Kier molecular flexibility index (Phi) is 5.17. The quantitative estimate of drug-likeness (QED) is 0.676. The molecular formula is C9H10BrClOS. The fourth-order valence-corrected chi connectivity index (χ4v) is 2.53. The molecule has 13 heavy (non-hydrogen) atoms. The van der Waals surface area contributed by atoms with Crippen molar-refractivity contribution in [3.63, 3.8) is 0 Å². The number of alkyl halides is 1. The molecular weight excluding hydrogens is 272 g/mol. The third-order valence-corrected chi connectivity index (χ3v) is 3.97. The van der Waals surface area contributed by atoms with Gasteiger partial charge in [0.15, 0.2) is 0 Å². The molecule has 0 aromatic heterocycles. The molecule has 1 unspecified atom stereocenters. The summed E-state index contributed by atoms with van der Waals surface area (Å²) < 4.78 is 1.06. The van der Waals surface area contributed by atoms with E-state index in [-0.39, 0.29) is 5.88 Å². The van der Waals surface area contributed by atoms with Crippen molar-refractivity contribution in [1.82, 2.24) is 0 Å². The van der Waals surface area contributed by atoms with Gasteiger partial charge in [-0.1, -0.05) is 12.1 Å². The van der Waals surface area contributed by atoms with Crippen molar-refractivity contribution in [2.75, 3.05) is 11.6 Å². The molecule has 1 nitrogen and oxygen atoms in total. The Morgan fingerprint density at radius 3 is 2.77 bits per heavy atom. The van der Waals surface area contributed by atoms with Crippen LogP contribution in [0.5, 0.6) is 0 Å². The number of hydrogen-bond donors (Lipinski definition) is 1. The van der Waals surface area contributed by atoms with E-state index in [1.807, 2.05) is 24.3 Å². The van der Waals surface area contributed by atoms with Crippen LogP contribution in [-0.4, -0.2) is 22.8 Å². The molecule has 0 fully saturated rings. The van der Waals surface area contributed by atoms with E-state index < -0.39 is 6.10 Å². The Morgan fingerprint density at radius 1 is 1.46 bits per heavy atom. The van der Waals surface area contributed by atoms with Crippen LogP contribution in [0.3, 0.4) is 0 Å². The Balaban J connectivity index is 2.50. The van der Waals surface area contributed by atoms with Crippen LogP contribution in [0.4, 0.5) is 0 Å². The first-order valence-corrected chi connectivity index (χ1v) is 6.16. The Bertz CT molecular complexity index is 270. The third kappa shape index (κ3) is 3.90. The average Bonchev–Trinajstić information content (AvgIpc) is 2.16. The molecule has 0 aliphatic rings. The topological polar surface area (TPSA) is 20.2 Å². The van der Waals surface area contributed by atoms with E-state index in [4.69, 9.17) is 11.6 Å². The van der Waals surface area contributed by atoms with Gasteiger partial charge < -0.3 is 5.11 Å². The monoisotopic (exact) mass is 280 g/mol. The van der Waals surface area contributed by atoms with Crippen molar-refractivity contribution in [1.29, 1.82) is 0 Å². The first-order chi connectivity index (χ1) is 6.24. The van der Waals surface area contributed by atoms with Gasteiger partial charge in [-0.05, 0) is 28.1 Å². The lowest BCUT2D eigenvalue weighted by molar-refractivity contribution is 0.223. The minimum Gasteiger partial charge on any atom is -0.391 e. The summed E-state index contributed by atoms with van der Waals surface area (Å²) in [6.07, 6.45) is -0.432. The molecule has 1 aromatic carbocycles. The van der Waals surface area contributed by atoms with Crippen LogP contribution < -0.4 is 0 Å². The first kappa shape index (κ1) is 11.4. The van der Waals surface area contributed by atoms with Crippen molar-refractivity contribution >= 4 is 39.3 Å². The predicted octanol–water partition coefficient (Wildman–Crippen LogP) is 3.14. The maximum absolute atomic E-state index is 9.24. The van der Waals surface area contributed by atoms with E-state index in [2.05, 4.69) is 15.9 Å². The summed E-state index contributed by atoms with van der Waals surface area (Å²) in [7, 11) is 0. The molecule has 1 rings (SSSR count). The van der Waals surface area contributed by atoms with Crippen molar-refractivity contribution in [2.24, 2.45) is 0 Å². The zero-order valence-corrected chi connectivity index (χ0v) is 10.1. The Labute approximate surface area is 95.6 Å². The van der Waals surface area contributed by atoms with Gasteiger partial charge in [-0.3, -0.25) is 0 Å². The normalized spacial score (nSPS) is 12.8. The van der Waals surface area contributed by atoms with Crippen LogP contribution in [0.15, 0.2) is 33.6 Å². The molecule has 1 N–H and O–H groups in total. The molecule has 0 heterocycles. The maximum Gasteiger partial charge on any atom is 0.0769 e. The molecule has 1 aromatic rings. The fraction of sp³-hybridized carbons (Fsp3) is 0.333. The summed E-state index contributed by atoms with van der Waals surface area (Å²) in [4.78, 5) is 1.13. The second-order valence-corrected chi connectivity index (χ2v) is 4.77. The Morgan fingerprint density at radius 2 is 2.15 bits per heavy atom. The second-order valence-electron chi connectivity index (χ2n) is 2.55. The summed E-state index contributed by atoms with van der Waals surface area (Å²) in [6, 6.07) is 7.93. The van der Waals surface area contributed by atoms with Crippen LogP contribution in [0.2, 0.25) is 0 Å². The molecule has 0 aliphatic heterocycles. The van der Waals surface area contributed by atoms with Crippen LogP contribution in [-0.2, 0) is 0 Å². The number of benzene rings is 1. The number of aliphatic hydroxyl groups is 1. The van der Waals surface area contributed by atoms with Gasteiger partial charge in [0.1, 0.15) is 0 Å². The summed E-state index contributed by atoms with van der Waals surface area (Å²) >= 11 is 10.5. The molecule has 0 saturated heterocycles. The van der Waals surface area contributed by atoms with Gasteiger partial charge in [-0.25, -0.2) is 0 Å². The van der Waals surface area contributed by atoms with Crippen molar-refractivity contribution in [3.05, 3.63) is 28.7 Å². The van der Waals surface area contributed by atoms with E-state index in [0.29, 0.717) is 5.75 Å². The summed E-state index contributed by atoms with van der Waals surface area (Å²) in [5.41, 5.74) is 0. The first-order valence-electron chi connectivity index (χ1n) is 3.85. The number of thioether (sulfide) groups is 1. The predicted molar refractivity (Wildman–Crippen MR) is 61.6 cm³/mol. The van der Waals surface area contributed by atoms with Crippen LogP contribution in [0, 0.1) is 0 Å². The van der Waals surface area contributed by atoms with Gasteiger partial charge in [0.25, 0.3) is 0 Å². The lowest BCUT2D eigenvalue weighted by Crippen LogP contribution is -2.10. The summed E-state index contributed by atoms with van der Waals surface area (Å²) in [5, 5.41) is 9.24. The SMILES string of the molecule is OC(CCl)CSc1ccccc1Br. The molecule has 0 spiro atoms. The van der Waals surface area contributed by atoms with Gasteiger partial charge in [-0.2, -0.15) is 0 Å². The maximum atomic E-state index is 9.24. The van der Waals surface area contributed by atoms with Crippen LogP contribution in [0.25, 0.3) is 0 Å². The molecule has 0 amide bonds. The summed E-state index contributed by atoms with van der Waals surface area (Å²) in [6.45, 7) is 0. The zero-order chi connectivity index (χ0) is 9.68. The number of aliphatic hydroxyl groups excluding tert-OH is 1. The molecule has 0 bridgehead atoms. The van der Waals surface area contributed by atoms with Crippen LogP contribution in [0.1, 0.15) is 0 Å². The highest BCUT2D eigenvalue weighted by molar-refractivity contribution is 9.10. The standard InChI is InChI=1S/C9H10BrClOS/c10-8-3-1-2-4-9(8)13-6-7(12)5-11/h1-4,7,12H,5-6H2. The van der Waals surface area contributed by atoms with Crippen molar-refractivity contribution in [3.8, 4) is 0 Å². The number of hydrogen-bond acceptors (Lipinski definition) is 2. The zero-order valence-electron chi connectivity index (χ0n) is 6.91. The molecule has 4 heteroatoms. The lowest BCUT2D eigenvalue weighted by Gasteiger charge is -2.07. The van der Waals surface area contributed by atoms with Gasteiger partial charge in [0, 0.05) is 21.0 Å². The average molecular weight is 282 g/mol. The number of halogens is 2. The highest BCUT2D eigenvalue weighted by atomic mass is 79.9. The number of rotatable bonds is 4. The Hall–Kier alpha value is 0.300. The van der Waals surface area contributed by atoms with Crippen LogP contribution >= 0.6 is 39.3 Å². The van der Waals surface area contributed by atoms with Gasteiger partial charge >= 0.3 is 0 Å². The smallest absolute Gasteiger partial charge is 0.0769 e. The minimum atomic E-state index is -0.432. The minimum absolute atomic E-state index is 0.289. The van der Waals surface area contributed by atoms with Gasteiger partial charge in [0.05, 0.1) is 6.10 Å². The van der Waals surface area contributed by atoms with E-state index in [1.165, 1.54) is 0 Å². The lowest BCUT2D eigenvalue weighted by atomic mass is 10.4. The van der Waals surface area contributed by atoms with Crippen molar-refractivity contribution < 1.29 is 5.11 Å². The van der Waals surface area contributed by atoms with E-state index in [1.54, 1.807) is 11.8 Å². The third-order valence-electron chi connectivity index (χ3n) is 1.45. The largest absolute Gasteiger partial charge is 0.391 e. The fourth-order valence-electron chi connectivity index (χ4n) is 0.792. The molecule has 0 saturated carbocycles. The molecule has 0 aliphatic carbocycles. The van der Waals surface area contributed by atoms with E-state index in [0.717, 1.165) is 9.37 Å². The van der Waals surface area contributed by atoms with Gasteiger partial charge in [0.2, 0.25) is 0 Å². The van der Waals surface area contributed by atoms with Crippen molar-refractivity contribution in [2.45, 2.75) is 11.0 Å². The van der Waals surface area contributed by atoms with E-state index in [9.17, 15) is 5.11 Å². The van der Waals surface area contributed by atoms with E-state index >= 15 is 0 Å². The molecule has 0 radical (unpaired) electrons. The highest BCUT2D eigenvalue weighted by Crippen LogP contribution is 2.27.